The highest BCUT2D eigenvalue weighted by Gasteiger charge is 2.33. The van der Waals surface area contributed by atoms with Gasteiger partial charge in [0.2, 0.25) is 23.6 Å². The number of hydrogen-bond donors (Lipinski definition) is 10. The Balaban J connectivity index is 1.67. The van der Waals surface area contributed by atoms with E-state index in [-0.39, 0.29) is 63.7 Å². The number of hydrogen-bond acceptors (Lipinski definition) is 9. The number of nitrogens with two attached hydrogens (primary N) is 2. The number of carboxylic acid groups (broad SMARTS) is 1. The van der Waals surface area contributed by atoms with Gasteiger partial charge in [-0.25, -0.2) is 9.59 Å². The zero-order chi connectivity index (χ0) is 40.7. The molecule has 6 amide bonds. The van der Waals surface area contributed by atoms with Gasteiger partial charge in [0.05, 0.1) is 0 Å². The van der Waals surface area contributed by atoms with Crippen LogP contribution < -0.4 is 43.4 Å². The quantitative estimate of drug-likeness (QED) is 0.0431. The van der Waals surface area contributed by atoms with Gasteiger partial charge in [-0.2, -0.15) is 0 Å². The number of rotatable bonds is 23. The zero-order valence-electron chi connectivity index (χ0n) is 31.4. The van der Waals surface area contributed by atoms with E-state index < -0.39 is 60.0 Å². The largest absolute Gasteiger partial charge is 0.465 e. The third-order valence-corrected chi connectivity index (χ3v) is 9.12. The number of unbranched alkanes of at least 4 members (excludes halogenated alkanes) is 1. The normalized spacial score (nSPS) is 14.8. The first-order valence-corrected chi connectivity index (χ1v) is 18.7. The third-order valence-electron chi connectivity index (χ3n) is 9.12. The van der Waals surface area contributed by atoms with Crippen LogP contribution in [0.15, 0.2) is 60.7 Å². The van der Waals surface area contributed by atoms with Gasteiger partial charge in [-0.15, -0.1) is 0 Å². The summed E-state index contributed by atoms with van der Waals surface area (Å²) < 4.78 is 10.7. The molecule has 0 bridgehead atoms. The Morgan fingerprint density at radius 1 is 0.714 bits per heavy atom. The molecule has 1 aliphatic heterocycles. The maximum atomic E-state index is 13.9. The number of ether oxygens (including phenoxy) is 2. The first kappa shape index (κ1) is 44.5. The van der Waals surface area contributed by atoms with Gasteiger partial charge >= 0.3 is 12.2 Å². The van der Waals surface area contributed by atoms with E-state index in [1.807, 2.05) is 30.3 Å². The average molecular weight is 782 g/mol. The molecule has 3 rings (SSSR count). The predicted molar refractivity (Wildman–Crippen MR) is 206 cm³/mol. The van der Waals surface area contributed by atoms with Crippen LogP contribution in [0.25, 0.3) is 0 Å². The Morgan fingerprint density at radius 2 is 1.27 bits per heavy atom. The number of nitrogens with one attached hydrogen (secondary N) is 7. The lowest BCUT2D eigenvalue weighted by Gasteiger charge is -2.29. The number of benzene rings is 2. The first-order chi connectivity index (χ1) is 26.9. The summed E-state index contributed by atoms with van der Waals surface area (Å²) in [5, 5.41) is 32.5. The highest BCUT2D eigenvalue weighted by atomic mass is 16.5. The van der Waals surface area contributed by atoms with Gasteiger partial charge in [0.1, 0.15) is 30.8 Å². The minimum atomic E-state index is -1.43. The molecule has 56 heavy (non-hydrogen) atoms. The molecule has 0 saturated carbocycles. The fraction of sp³-hybridized carbons (Fsp3) is 0.500. The smallest absolute Gasteiger partial charge is 0.407 e. The van der Waals surface area contributed by atoms with Crippen molar-refractivity contribution in [3.8, 4) is 0 Å². The summed E-state index contributed by atoms with van der Waals surface area (Å²) >= 11 is 0. The van der Waals surface area contributed by atoms with E-state index in [0.717, 1.165) is 5.56 Å². The molecule has 0 aromatic heterocycles. The Hall–Kier alpha value is -5.91. The third kappa shape index (κ3) is 17.5. The minimum absolute atomic E-state index is 0.00220. The Kier molecular flexibility index (Phi) is 19.5. The molecule has 4 unspecified atom stereocenters. The lowest BCUT2D eigenvalue weighted by Crippen LogP contribution is -2.58. The lowest BCUT2D eigenvalue weighted by atomic mass is 9.91. The van der Waals surface area contributed by atoms with E-state index in [1.54, 1.807) is 30.3 Å². The van der Waals surface area contributed by atoms with Crippen LogP contribution in [0.4, 0.5) is 9.59 Å². The Labute approximate surface area is 326 Å². The van der Waals surface area contributed by atoms with Gasteiger partial charge in [0.15, 0.2) is 5.96 Å². The monoisotopic (exact) mass is 781 g/mol. The molecule has 1 fully saturated rings. The van der Waals surface area contributed by atoms with Crippen molar-refractivity contribution in [2.75, 3.05) is 26.3 Å². The average Bonchev–Trinajstić information content (AvgIpc) is 3.17. The van der Waals surface area contributed by atoms with Gasteiger partial charge in [-0.05, 0) is 68.4 Å². The molecule has 0 aliphatic carbocycles. The summed E-state index contributed by atoms with van der Waals surface area (Å²) in [6, 6.07) is 13.3. The maximum Gasteiger partial charge on any atom is 0.407 e. The van der Waals surface area contributed by atoms with Crippen LogP contribution in [0.3, 0.4) is 0 Å². The second-order valence-electron chi connectivity index (χ2n) is 13.5. The summed E-state index contributed by atoms with van der Waals surface area (Å²) in [5.74, 6) is -3.16. The maximum absolute atomic E-state index is 13.9. The Morgan fingerprint density at radius 3 is 1.89 bits per heavy atom. The number of primary amides is 1. The van der Waals surface area contributed by atoms with Gasteiger partial charge in [-0.3, -0.25) is 24.6 Å². The molecule has 4 atom stereocenters. The lowest BCUT2D eigenvalue weighted by molar-refractivity contribution is -0.134. The number of amides is 6. The van der Waals surface area contributed by atoms with Crippen LogP contribution in [-0.4, -0.2) is 97.4 Å². The van der Waals surface area contributed by atoms with Crippen LogP contribution in [0.2, 0.25) is 0 Å². The second-order valence-corrected chi connectivity index (χ2v) is 13.5. The van der Waals surface area contributed by atoms with Crippen molar-refractivity contribution < 1.29 is 43.3 Å². The molecule has 2 aromatic carbocycles. The number of carbonyl (C=O) groups excluding carboxylic acids is 5. The van der Waals surface area contributed by atoms with Crippen LogP contribution in [0, 0.1) is 11.3 Å². The second kappa shape index (κ2) is 24.5. The summed E-state index contributed by atoms with van der Waals surface area (Å²) in [4.78, 5) is 77.4. The first-order valence-electron chi connectivity index (χ1n) is 18.7. The zero-order valence-corrected chi connectivity index (χ0v) is 31.4. The van der Waals surface area contributed by atoms with Crippen molar-refractivity contribution in [1.82, 2.24) is 31.9 Å². The molecule has 306 valence electrons. The van der Waals surface area contributed by atoms with Crippen molar-refractivity contribution in [2.45, 2.75) is 88.6 Å². The molecule has 18 nitrogen and oxygen atoms in total. The molecule has 2 aromatic rings. The van der Waals surface area contributed by atoms with Crippen LogP contribution in [0.5, 0.6) is 0 Å². The van der Waals surface area contributed by atoms with Crippen molar-refractivity contribution >= 4 is 41.8 Å². The van der Waals surface area contributed by atoms with E-state index in [0.29, 0.717) is 44.5 Å². The Bertz CT molecular complexity index is 1580. The van der Waals surface area contributed by atoms with Crippen molar-refractivity contribution in [1.29, 1.82) is 5.41 Å². The van der Waals surface area contributed by atoms with Crippen LogP contribution >= 0.6 is 0 Å². The van der Waals surface area contributed by atoms with E-state index in [4.69, 9.17) is 26.4 Å². The van der Waals surface area contributed by atoms with Gasteiger partial charge in [0, 0.05) is 32.7 Å². The molecular formula is C38H55N9O9. The van der Waals surface area contributed by atoms with Crippen molar-refractivity contribution in [3.63, 3.8) is 0 Å². The van der Waals surface area contributed by atoms with E-state index in [2.05, 4.69) is 31.9 Å². The molecule has 1 aliphatic rings. The highest BCUT2D eigenvalue weighted by molar-refractivity contribution is 5.95. The molecule has 1 heterocycles. The van der Waals surface area contributed by atoms with Gasteiger partial charge in [-0.1, -0.05) is 60.7 Å². The van der Waals surface area contributed by atoms with Crippen molar-refractivity contribution in [2.24, 2.45) is 17.4 Å². The summed E-state index contributed by atoms with van der Waals surface area (Å²) in [5.41, 5.74) is 12.6. The number of alkyl carbamates (subject to hydrolysis) is 1. The fourth-order valence-electron chi connectivity index (χ4n) is 6.09. The topological polar surface area (TPSA) is 289 Å². The molecule has 12 N–H and O–H groups in total. The SMILES string of the molecule is N=C(N)NCCCC(NC(=O)C(Cc1ccccc1)NC(=O)O)C(=O)NC(CC1CCOCC1)C(=O)NC(CCCCNC(=O)OCc1ccccc1)C(N)=O. The number of carbonyl (C=O) groups is 6. The minimum Gasteiger partial charge on any atom is -0.465 e. The molecule has 0 radical (unpaired) electrons. The molecule has 18 heteroatoms. The molecule has 1 saturated heterocycles. The van der Waals surface area contributed by atoms with Crippen LogP contribution in [-0.2, 0) is 41.7 Å². The summed E-state index contributed by atoms with van der Waals surface area (Å²) in [7, 11) is 0. The number of guanidine groups is 1. The molecular weight excluding hydrogens is 726 g/mol. The summed E-state index contributed by atoms with van der Waals surface area (Å²) in [6.07, 6.45) is 0.850. The standard InChI is InChI=1S/C38H55N9O9/c39-32(48)28(14-7-8-18-43-38(54)56-24-27-12-5-2-6-13-27)44-34(50)30(23-26-16-20-55-21-17-26)46-33(49)29(15-9-19-42-36(40)41)45-35(51)31(47-37(52)53)22-25-10-3-1-4-11-25/h1-6,10-13,26,28-31,47H,7-9,14-24H2,(H2,39,48)(H,43,54)(H,44,50)(H,45,51)(H,46,49)(H,52,53)(H4,40,41,42). The summed E-state index contributed by atoms with van der Waals surface area (Å²) in [6.45, 7) is 1.54. The van der Waals surface area contributed by atoms with Gasteiger partial charge in [0.25, 0.3) is 0 Å². The molecule has 0 spiro atoms. The highest BCUT2D eigenvalue weighted by Crippen LogP contribution is 2.21. The van der Waals surface area contributed by atoms with Crippen molar-refractivity contribution in [3.05, 3.63) is 71.8 Å². The van der Waals surface area contributed by atoms with E-state index in [1.165, 1.54) is 0 Å². The van der Waals surface area contributed by atoms with E-state index in [9.17, 15) is 33.9 Å². The van der Waals surface area contributed by atoms with Crippen LogP contribution in [0.1, 0.15) is 62.5 Å². The fourth-order valence-corrected chi connectivity index (χ4v) is 6.09. The predicted octanol–water partition coefficient (Wildman–Crippen LogP) is 0.982. The van der Waals surface area contributed by atoms with E-state index >= 15 is 0 Å². The van der Waals surface area contributed by atoms with Gasteiger partial charge < -0.3 is 57.9 Å².